The van der Waals surface area contributed by atoms with E-state index in [9.17, 15) is 0 Å². The summed E-state index contributed by atoms with van der Waals surface area (Å²) in [6, 6.07) is 4.03. The van der Waals surface area contributed by atoms with E-state index in [4.69, 9.17) is 10.5 Å². The first-order valence-electron chi connectivity index (χ1n) is 7.69. The SMILES string of the molecule is CN(C)CCn1c(N)nc2ccc3c(c21)CC(CN(C)C)O3. The Labute approximate surface area is 131 Å². The lowest BCUT2D eigenvalue weighted by Gasteiger charge is -2.15. The topological polar surface area (TPSA) is 59.5 Å². The number of benzene rings is 1. The zero-order chi connectivity index (χ0) is 15.9. The number of aromatic nitrogens is 2. The van der Waals surface area contributed by atoms with Crippen LogP contribution in [0.1, 0.15) is 5.56 Å². The highest BCUT2D eigenvalue weighted by Gasteiger charge is 2.27. The van der Waals surface area contributed by atoms with Gasteiger partial charge in [0.2, 0.25) is 5.95 Å². The predicted octanol–water partition coefficient (Wildman–Crippen LogP) is 1.05. The van der Waals surface area contributed by atoms with Gasteiger partial charge in [0.1, 0.15) is 11.9 Å². The van der Waals surface area contributed by atoms with Crippen LogP contribution in [-0.4, -0.2) is 66.7 Å². The molecule has 0 saturated carbocycles. The summed E-state index contributed by atoms with van der Waals surface area (Å²) in [5, 5.41) is 0. The van der Waals surface area contributed by atoms with Crippen LogP contribution in [0.25, 0.3) is 11.0 Å². The number of nitrogens with two attached hydrogens (primary N) is 1. The number of fused-ring (bicyclic) bond motifs is 3. The number of rotatable bonds is 5. The van der Waals surface area contributed by atoms with E-state index in [-0.39, 0.29) is 6.10 Å². The second-order valence-corrected chi connectivity index (χ2v) is 6.54. The van der Waals surface area contributed by atoms with Gasteiger partial charge in [0.05, 0.1) is 11.0 Å². The number of likely N-dealkylation sites (N-methyl/N-ethyl adjacent to an activating group) is 2. The molecule has 0 bridgehead atoms. The summed E-state index contributed by atoms with van der Waals surface area (Å²) in [6.45, 7) is 2.68. The van der Waals surface area contributed by atoms with Crippen molar-refractivity contribution >= 4 is 17.0 Å². The number of nitrogen functional groups attached to an aromatic ring is 1. The highest BCUT2D eigenvalue weighted by atomic mass is 16.5. The van der Waals surface area contributed by atoms with Gasteiger partial charge in [0.25, 0.3) is 0 Å². The van der Waals surface area contributed by atoms with Crippen LogP contribution < -0.4 is 10.5 Å². The van der Waals surface area contributed by atoms with Crippen molar-refractivity contribution in [2.45, 2.75) is 19.1 Å². The molecule has 6 heteroatoms. The van der Waals surface area contributed by atoms with E-state index < -0.39 is 0 Å². The third-order valence-electron chi connectivity index (χ3n) is 4.06. The third kappa shape index (κ3) is 2.76. The molecule has 22 heavy (non-hydrogen) atoms. The average molecular weight is 303 g/mol. The van der Waals surface area contributed by atoms with Crippen molar-refractivity contribution in [2.75, 3.05) is 47.0 Å². The standard InChI is InChI=1S/C16H25N5O/c1-19(2)7-8-21-15-12-9-11(10-20(3)4)22-14(12)6-5-13(15)18-16(21)17/h5-6,11H,7-10H2,1-4H3,(H2,17,18). The first-order chi connectivity index (χ1) is 10.5. The number of ether oxygens (including phenoxy) is 1. The molecule has 0 aliphatic carbocycles. The molecule has 1 atom stereocenters. The van der Waals surface area contributed by atoms with Gasteiger partial charge >= 0.3 is 0 Å². The molecule has 1 aromatic heterocycles. The van der Waals surface area contributed by atoms with Gasteiger partial charge in [-0.15, -0.1) is 0 Å². The molecular weight excluding hydrogens is 278 g/mol. The summed E-state index contributed by atoms with van der Waals surface area (Å²) < 4.78 is 8.20. The Hall–Kier alpha value is -1.79. The molecule has 2 aromatic rings. The molecule has 0 fully saturated rings. The van der Waals surface area contributed by atoms with Gasteiger partial charge in [-0.3, -0.25) is 0 Å². The molecule has 1 aromatic carbocycles. The van der Waals surface area contributed by atoms with E-state index in [1.807, 2.05) is 12.1 Å². The van der Waals surface area contributed by atoms with E-state index in [1.165, 1.54) is 5.56 Å². The van der Waals surface area contributed by atoms with E-state index >= 15 is 0 Å². The fourth-order valence-corrected chi connectivity index (χ4v) is 3.09. The normalized spacial score (nSPS) is 17.5. The van der Waals surface area contributed by atoms with Gasteiger partial charge in [-0.05, 0) is 40.3 Å². The summed E-state index contributed by atoms with van der Waals surface area (Å²) in [7, 11) is 8.27. The zero-order valence-corrected chi connectivity index (χ0v) is 13.8. The van der Waals surface area contributed by atoms with Crippen molar-refractivity contribution in [3.05, 3.63) is 17.7 Å². The molecule has 1 aliphatic rings. The van der Waals surface area contributed by atoms with E-state index in [1.54, 1.807) is 0 Å². The lowest BCUT2D eigenvalue weighted by atomic mass is 10.1. The fraction of sp³-hybridized carbons (Fsp3) is 0.562. The van der Waals surface area contributed by atoms with Crippen molar-refractivity contribution in [1.82, 2.24) is 19.4 Å². The summed E-state index contributed by atoms with van der Waals surface area (Å²) in [5.74, 6) is 1.56. The minimum Gasteiger partial charge on any atom is -0.488 e. The van der Waals surface area contributed by atoms with Crippen LogP contribution in [0.3, 0.4) is 0 Å². The van der Waals surface area contributed by atoms with Gasteiger partial charge in [0.15, 0.2) is 0 Å². The molecule has 0 spiro atoms. The van der Waals surface area contributed by atoms with Crippen LogP contribution >= 0.6 is 0 Å². The number of hydrogen-bond donors (Lipinski definition) is 1. The van der Waals surface area contributed by atoms with Gasteiger partial charge < -0.3 is 24.8 Å². The quantitative estimate of drug-likeness (QED) is 0.894. The molecule has 0 radical (unpaired) electrons. The van der Waals surface area contributed by atoms with Crippen molar-refractivity contribution < 1.29 is 4.74 Å². The van der Waals surface area contributed by atoms with Crippen molar-refractivity contribution in [1.29, 1.82) is 0 Å². The van der Waals surface area contributed by atoms with Crippen LogP contribution in [-0.2, 0) is 13.0 Å². The zero-order valence-electron chi connectivity index (χ0n) is 13.8. The van der Waals surface area contributed by atoms with Crippen LogP contribution in [0.5, 0.6) is 5.75 Å². The summed E-state index contributed by atoms with van der Waals surface area (Å²) in [5.41, 5.74) is 9.48. The van der Waals surface area contributed by atoms with Crippen molar-refractivity contribution in [2.24, 2.45) is 0 Å². The maximum Gasteiger partial charge on any atom is 0.201 e. The molecule has 3 rings (SSSR count). The molecule has 1 aliphatic heterocycles. The maximum atomic E-state index is 6.13. The van der Waals surface area contributed by atoms with Gasteiger partial charge in [0, 0.05) is 31.6 Å². The molecule has 2 heterocycles. The Kier molecular flexibility index (Phi) is 3.97. The molecule has 6 nitrogen and oxygen atoms in total. The number of imidazole rings is 1. The van der Waals surface area contributed by atoms with Gasteiger partial charge in [-0.25, -0.2) is 4.98 Å². The highest BCUT2D eigenvalue weighted by molar-refractivity contribution is 5.84. The Morgan fingerprint density at radius 3 is 2.73 bits per heavy atom. The van der Waals surface area contributed by atoms with Crippen LogP contribution in [0.15, 0.2) is 12.1 Å². The highest BCUT2D eigenvalue weighted by Crippen LogP contribution is 2.36. The van der Waals surface area contributed by atoms with Gasteiger partial charge in [-0.1, -0.05) is 0 Å². The molecule has 0 saturated heterocycles. The minimum absolute atomic E-state index is 0.203. The summed E-state index contributed by atoms with van der Waals surface area (Å²) in [6.07, 6.45) is 1.12. The number of hydrogen-bond acceptors (Lipinski definition) is 5. The van der Waals surface area contributed by atoms with E-state index in [2.05, 4.69) is 47.5 Å². The minimum atomic E-state index is 0.203. The summed E-state index contributed by atoms with van der Waals surface area (Å²) >= 11 is 0. The van der Waals surface area contributed by atoms with Crippen molar-refractivity contribution in [3.8, 4) is 5.75 Å². The lowest BCUT2D eigenvalue weighted by molar-refractivity contribution is 0.184. The number of anilines is 1. The number of nitrogens with zero attached hydrogens (tertiary/aromatic N) is 4. The van der Waals surface area contributed by atoms with E-state index in [0.29, 0.717) is 5.95 Å². The first kappa shape index (κ1) is 15.1. The molecule has 120 valence electrons. The molecule has 2 N–H and O–H groups in total. The van der Waals surface area contributed by atoms with Crippen LogP contribution in [0, 0.1) is 0 Å². The molecular formula is C16H25N5O. The first-order valence-corrected chi connectivity index (χ1v) is 7.69. The van der Waals surface area contributed by atoms with E-state index in [0.717, 1.165) is 42.8 Å². The fourth-order valence-electron chi connectivity index (χ4n) is 3.09. The summed E-state index contributed by atoms with van der Waals surface area (Å²) in [4.78, 5) is 8.82. The second-order valence-electron chi connectivity index (χ2n) is 6.54. The smallest absolute Gasteiger partial charge is 0.201 e. The second kappa shape index (κ2) is 5.78. The Balaban J connectivity index is 1.97. The maximum absolute atomic E-state index is 6.13. The largest absolute Gasteiger partial charge is 0.488 e. The van der Waals surface area contributed by atoms with Crippen molar-refractivity contribution in [3.63, 3.8) is 0 Å². The lowest BCUT2D eigenvalue weighted by Crippen LogP contribution is -2.29. The monoisotopic (exact) mass is 303 g/mol. The Bertz CT molecular complexity index is 677. The predicted molar refractivity (Wildman–Crippen MR) is 89.4 cm³/mol. The van der Waals surface area contributed by atoms with Crippen LogP contribution in [0.4, 0.5) is 5.95 Å². The third-order valence-corrected chi connectivity index (χ3v) is 4.06. The van der Waals surface area contributed by atoms with Gasteiger partial charge in [-0.2, -0.15) is 0 Å². The van der Waals surface area contributed by atoms with Crippen LogP contribution in [0.2, 0.25) is 0 Å². The molecule has 0 amide bonds. The average Bonchev–Trinajstić information content (AvgIpc) is 2.95. The Morgan fingerprint density at radius 1 is 1.27 bits per heavy atom. The Morgan fingerprint density at radius 2 is 2.05 bits per heavy atom. The molecule has 1 unspecified atom stereocenters.